The molecule has 0 radical (unpaired) electrons. The summed E-state index contributed by atoms with van der Waals surface area (Å²) in [6, 6.07) is 0. The van der Waals surface area contributed by atoms with Gasteiger partial charge < -0.3 is 4.90 Å². The summed E-state index contributed by atoms with van der Waals surface area (Å²) in [7, 11) is 0. The Morgan fingerprint density at radius 1 is 1.16 bits per heavy atom. The molecule has 0 amide bonds. The molecule has 1 aliphatic rings. The summed E-state index contributed by atoms with van der Waals surface area (Å²) in [4.78, 5) is 13.7. The molecule has 1 N–H and O–H groups in total. The monoisotopic (exact) mass is 284 g/mol. The van der Waals surface area contributed by atoms with Crippen molar-refractivity contribution in [3.8, 4) is 0 Å². The SMILES string of the molecule is CCCCCCCCCCC(=O)CN1CCSC1=N. The average molecular weight is 284 g/mol. The Morgan fingerprint density at radius 2 is 1.79 bits per heavy atom. The van der Waals surface area contributed by atoms with E-state index < -0.39 is 0 Å². The van der Waals surface area contributed by atoms with Gasteiger partial charge in [0.1, 0.15) is 0 Å². The Bertz CT molecular complexity index is 281. The van der Waals surface area contributed by atoms with Crippen LogP contribution < -0.4 is 0 Å². The lowest BCUT2D eigenvalue weighted by atomic mass is 10.1. The van der Waals surface area contributed by atoms with E-state index >= 15 is 0 Å². The molecule has 0 aliphatic carbocycles. The molecule has 4 heteroatoms. The van der Waals surface area contributed by atoms with Gasteiger partial charge in [0.05, 0.1) is 6.54 Å². The number of Topliss-reactive ketones (excluding diaryl/α,β-unsaturated/α-hetero) is 1. The summed E-state index contributed by atoms with van der Waals surface area (Å²) in [6.07, 6.45) is 10.9. The molecule has 110 valence electrons. The zero-order chi connectivity index (χ0) is 13.9. The van der Waals surface area contributed by atoms with Crippen LogP contribution in [-0.4, -0.2) is 34.7 Å². The lowest BCUT2D eigenvalue weighted by molar-refractivity contribution is -0.119. The third-order valence-electron chi connectivity index (χ3n) is 3.56. The van der Waals surface area contributed by atoms with E-state index in [1.165, 1.54) is 44.9 Å². The number of unbranched alkanes of at least 4 members (excludes halogenated alkanes) is 7. The summed E-state index contributed by atoms with van der Waals surface area (Å²) in [6.45, 7) is 3.57. The fourth-order valence-electron chi connectivity index (χ4n) is 2.34. The van der Waals surface area contributed by atoms with Crippen molar-refractivity contribution in [3.05, 3.63) is 0 Å². The van der Waals surface area contributed by atoms with E-state index in [1.807, 2.05) is 4.90 Å². The van der Waals surface area contributed by atoms with E-state index in [4.69, 9.17) is 5.41 Å². The van der Waals surface area contributed by atoms with Crippen molar-refractivity contribution in [2.45, 2.75) is 64.7 Å². The molecule has 0 bridgehead atoms. The van der Waals surface area contributed by atoms with E-state index in [-0.39, 0.29) is 0 Å². The second-order valence-corrected chi connectivity index (χ2v) is 6.42. The van der Waals surface area contributed by atoms with Crippen LogP contribution in [0.2, 0.25) is 0 Å². The Morgan fingerprint density at radius 3 is 2.37 bits per heavy atom. The fourth-order valence-corrected chi connectivity index (χ4v) is 3.19. The number of amidine groups is 1. The van der Waals surface area contributed by atoms with Crippen LogP contribution in [0.25, 0.3) is 0 Å². The number of nitrogens with zero attached hydrogens (tertiary/aromatic N) is 1. The zero-order valence-electron chi connectivity index (χ0n) is 12.2. The van der Waals surface area contributed by atoms with E-state index in [2.05, 4.69) is 6.92 Å². The molecule has 0 saturated carbocycles. The van der Waals surface area contributed by atoms with Crippen molar-refractivity contribution in [3.63, 3.8) is 0 Å². The Hall–Kier alpha value is -0.510. The van der Waals surface area contributed by atoms with Gasteiger partial charge in [0.15, 0.2) is 11.0 Å². The molecule has 1 fully saturated rings. The maximum absolute atomic E-state index is 11.8. The number of nitrogens with one attached hydrogen (secondary N) is 1. The van der Waals surface area contributed by atoms with Crippen molar-refractivity contribution in [1.82, 2.24) is 4.90 Å². The van der Waals surface area contributed by atoms with Crippen molar-refractivity contribution in [2.24, 2.45) is 0 Å². The number of ketones is 1. The molecule has 0 aromatic rings. The van der Waals surface area contributed by atoms with E-state index in [9.17, 15) is 4.79 Å². The molecule has 3 nitrogen and oxygen atoms in total. The van der Waals surface area contributed by atoms with E-state index in [0.717, 1.165) is 18.7 Å². The number of carbonyl (C=O) groups is 1. The topological polar surface area (TPSA) is 44.2 Å². The number of hydrogen-bond acceptors (Lipinski definition) is 3. The second-order valence-electron chi connectivity index (χ2n) is 5.34. The van der Waals surface area contributed by atoms with Gasteiger partial charge in [-0.05, 0) is 6.42 Å². The molecule has 0 aromatic heterocycles. The van der Waals surface area contributed by atoms with Gasteiger partial charge in [0, 0.05) is 18.7 Å². The van der Waals surface area contributed by atoms with Crippen LogP contribution in [0.1, 0.15) is 64.7 Å². The van der Waals surface area contributed by atoms with Crippen molar-refractivity contribution < 1.29 is 4.79 Å². The number of carbonyl (C=O) groups excluding carboxylic acids is 1. The highest BCUT2D eigenvalue weighted by atomic mass is 32.2. The van der Waals surface area contributed by atoms with Gasteiger partial charge in [-0.2, -0.15) is 0 Å². The largest absolute Gasteiger partial charge is 0.344 e. The van der Waals surface area contributed by atoms with Gasteiger partial charge in [0.25, 0.3) is 0 Å². The lowest BCUT2D eigenvalue weighted by Crippen LogP contribution is -2.30. The van der Waals surface area contributed by atoms with Crippen LogP contribution in [0, 0.1) is 5.41 Å². The molecule has 19 heavy (non-hydrogen) atoms. The normalized spacial score (nSPS) is 15.2. The van der Waals surface area contributed by atoms with Crippen molar-refractivity contribution in [2.75, 3.05) is 18.8 Å². The minimum atomic E-state index is 0.304. The summed E-state index contributed by atoms with van der Waals surface area (Å²) < 4.78 is 0. The molecule has 1 heterocycles. The highest BCUT2D eigenvalue weighted by molar-refractivity contribution is 8.14. The smallest absolute Gasteiger partial charge is 0.156 e. The summed E-state index contributed by atoms with van der Waals surface area (Å²) >= 11 is 1.55. The number of rotatable bonds is 11. The maximum Gasteiger partial charge on any atom is 0.156 e. The number of hydrogen-bond donors (Lipinski definition) is 1. The minimum Gasteiger partial charge on any atom is -0.344 e. The molecular formula is C15H28N2OS. The quantitative estimate of drug-likeness (QED) is 0.582. The van der Waals surface area contributed by atoms with Crippen LogP contribution >= 0.6 is 11.8 Å². The van der Waals surface area contributed by atoms with E-state index in [1.54, 1.807) is 11.8 Å². The van der Waals surface area contributed by atoms with Gasteiger partial charge in [-0.25, -0.2) is 0 Å². The van der Waals surface area contributed by atoms with E-state index in [0.29, 0.717) is 23.9 Å². The lowest BCUT2D eigenvalue weighted by Gasteiger charge is -2.15. The van der Waals surface area contributed by atoms with Crippen LogP contribution in [-0.2, 0) is 4.79 Å². The third kappa shape index (κ3) is 7.61. The Kier molecular flexibility index (Phi) is 8.97. The average Bonchev–Trinajstić information content (AvgIpc) is 2.78. The molecule has 1 rings (SSSR count). The van der Waals surface area contributed by atoms with Gasteiger partial charge >= 0.3 is 0 Å². The Labute approximate surface area is 122 Å². The molecule has 1 saturated heterocycles. The van der Waals surface area contributed by atoms with Gasteiger partial charge in [0.2, 0.25) is 0 Å². The van der Waals surface area contributed by atoms with Crippen molar-refractivity contribution in [1.29, 1.82) is 5.41 Å². The van der Waals surface area contributed by atoms with Crippen LogP contribution in [0.15, 0.2) is 0 Å². The molecule has 0 atom stereocenters. The van der Waals surface area contributed by atoms with Crippen LogP contribution in [0.5, 0.6) is 0 Å². The highest BCUT2D eigenvalue weighted by Crippen LogP contribution is 2.16. The van der Waals surface area contributed by atoms with Gasteiger partial charge in [-0.15, -0.1) is 0 Å². The van der Waals surface area contributed by atoms with Gasteiger partial charge in [-0.1, -0.05) is 63.6 Å². The molecule has 0 spiro atoms. The van der Waals surface area contributed by atoms with Crippen LogP contribution in [0.4, 0.5) is 0 Å². The summed E-state index contributed by atoms with van der Waals surface area (Å²) in [5, 5.41) is 8.23. The Balaban J connectivity index is 1.91. The first-order chi connectivity index (χ1) is 9.24. The maximum atomic E-state index is 11.8. The van der Waals surface area contributed by atoms with Crippen LogP contribution in [0.3, 0.4) is 0 Å². The molecular weight excluding hydrogens is 256 g/mol. The number of thioether (sulfide) groups is 1. The summed E-state index contributed by atoms with van der Waals surface area (Å²) in [5.74, 6) is 1.27. The highest BCUT2D eigenvalue weighted by Gasteiger charge is 2.19. The van der Waals surface area contributed by atoms with Crippen molar-refractivity contribution >= 4 is 22.7 Å². The predicted octanol–water partition coefficient (Wildman–Crippen LogP) is 4.07. The first-order valence-electron chi connectivity index (χ1n) is 7.72. The summed E-state index contributed by atoms with van der Waals surface area (Å²) in [5.41, 5.74) is 0. The van der Waals surface area contributed by atoms with Gasteiger partial charge in [-0.3, -0.25) is 10.2 Å². The molecule has 0 unspecified atom stereocenters. The third-order valence-corrected chi connectivity index (χ3v) is 4.48. The fraction of sp³-hybridized carbons (Fsp3) is 0.867. The second kappa shape index (κ2) is 10.3. The molecule has 0 aromatic carbocycles. The first kappa shape index (κ1) is 16.5. The predicted molar refractivity (Wildman–Crippen MR) is 84.0 cm³/mol. The minimum absolute atomic E-state index is 0.304. The standard InChI is InChI=1S/C15H28N2OS/c1-2-3-4-5-6-7-8-9-10-14(18)13-17-11-12-19-15(17)16/h16H,2-13H2,1H3. The molecule has 1 aliphatic heterocycles. The first-order valence-corrected chi connectivity index (χ1v) is 8.70. The zero-order valence-corrected chi connectivity index (χ0v) is 13.1.